The van der Waals surface area contributed by atoms with E-state index < -0.39 is 0 Å². The lowest BCUT2D eigenvalue weighted by Gasteiger charge is -2.16. The molecule has 0 aromatic heterocycles. The predicted octanol–water partition coefficient (Wildman–Crippen LogP) is 3.48. The lowest BCUT2D eigenvalue weighted by Crippen LogP contribution is -1.99. The van der Waals surface area contributed by atoms with E-state index in [0.29, 0.717) is 11.7 Å². The van der Waals surface area contributed by atoms with Crippen molar-refractivity contribution in [1.29, 1.82) is 0 Å². The van der Waals surface area contributed by atoms with Crippen molar-refractivity contribution in [2.24, 2.45) is 0 Å². The number of hydrogen-bond acceptors (Lipinski definition) is 2. The zero-order valence-corrected chi connectivity index (χ0v) is 10.0. The van der Waals surface area contributed by atoms with Crippen molar-refractivity contribution >= 4 is 0 Å². The number of phenols is 1. The number of ether oxygens (including phenoxy) is 1. The molecule has 0 aliphatic heterocycles. The fourth-order valence-corrected chi connectivity index (χ4v) is 1.78. The predicted molar refractivity (Wildman–Crippen MR) is 62.7 cm³/mol. The second-order valence-electron chi connectivity index (χ2n) is 3.89. The van der Waals surface area contributed by atoms with Gasteiger partial charge in [-0.05, 0) is 42.0 Å². The van der Waals surface area contributed by atoms with E-state index in [9.17, 15) is 5.11 Å². The summed E-state index contributed by atoms with van der Waals surface area (Å²) in [5.74, 6) is 1.32. The average Bonchev–Trinajstić information content (AvgIpc) is 2.27. The molecule has 0 saturated carbocycles. The molecule has 2 heteroatoms. The minimum Gasteiger partial charge on any atom is -0.504 e. The number of methoxy groups -OCH3 is 1. The molecule has 1 aromatic carbocycles. The number of hydrogen-bond donors (Lipinski definition) is 1. The summed E-state index contributed by atoms with van der Waals surface area (Å²) < 4.78 is 5.13. The molecule has 0 bridgehead atoms. The molecule has 1 rings (SSSR count). The van der Waals surface area contributed by atoms with Gasteiger partial charge < -0.3 is 9.84 Å². The molecule has 1 N–H and O–H groups in total. The van der Waals surface area contributed by atoms with Crippen molar-refractivity contribution in [1.82, 2.24) is 0 Å². The van der Waals surface area contributed by atoms with Crippen LogP contribution in [0.15, 0.2) is 12.1 Å². The fraction of sp³-hybridized carbons (Fsp3) is 0.538. The van der Waals surface area contributed by atoms with Crippen molar-refractivity contribution in [2.75, 3.05) is 7.11 Å². The molecule has 0 aliphatic carbocycles. The maximum Gasteiger partial charge on any atom is 0.160 e. The average molecular weight is 208 g/mol. The van der Waals surface area contributed by atoms with Crippen LogP contribution in [0.3, 0.4) is 0 Å². The molecule has 1 atom stereocenters. The van der Waals surface area contributed by atoms with Gasteiger partial charge in [0, 0.05) is 0 Å². The van der Waals surface area contributed by atoms with Crippen LogP contribution in [0.25, 0.3) is 0 Å². The lowest BCUT2D eigenvalue weighted by atomic mass is 9.92. The standard InChI is InChI=1S/C13H20O2/c1-5-9(3)11-8-13(15-4)12(14)7-10(11)6-2/h7-9,14H,5-6H2,1-4H3. The SMILES string of the molecule is CCc1cc(O)c(OC)cc1C(C)CC. The van der Waals surface area contributed by atoms with Gasteiger partial charge in [0.1, 0.15) is 0 Å². The Morgan fingerprint density at radius 1 is 1.33 bits per heavy atom. The van der Waals surface area contributed by atoms with Crippen LogP contribution in [0, 0.1) is 0 Å². The molecule has 0 spiro atoms. The molecule has 15 heavy (non-hydrogen) atoms. The van der Waals surface area contributed by atoms with Gasteiger partial charge in [-0.3, -0.25) is 0 Å². The van der Waals surface area contributed by atoms with Gasteiger partial charge in [0.15, 0.2) is 11.5 Å². The molecule has 0 radical (unpaired) electrons. The van der Waals surface area contributed by atoms with E-state index in [1.165, 1.54) is 11.1 Å². The van der Waals surface area contributed by atoms with Gasteiger partial charge in [0.2, 0.25) is 0 Å². The Balaban J connectivity index is 3.22. The molecule has 0 heterocycles. The second-order valence-corrected chi connectivity index (χ2v) is 3.89. The van der Waals surface area contributed by atoms with Crippen LogP contribution in [0.2, 0.25) is 0 Å². The molecule has 84 valence electrons. The van der Waals surface area contributed by atoms with Gasteiger partial charge in [-0.15, -0.1) is 0 Å². The highest BCUT2D eigenvalue weighted by molar-refractivity contribution is 5.47. The Kier molecular flexibility index (Phi) is 4.01. The summed E-state index contributed by atoms with van der Waals surface area (Å²) >= 11 is 0. The lowest BCUT2D eigenvalue weighted by molar-refractivity contribution is 0.372. The van der Waals surface area contributed by atoms with Crippen LogP contribution in [0.5, 0.6) is 11.5 Å². The summed E-state index contributed by atoms with van der Waals surface area (Å²) in [6, 6.07) is 3.78. The van der Waals surface area contributed by atoms with Crippen molar-refractivity contribution in [3.63, 3.8) is 0 Å². The third kappa shape index (κ3) is 2.44. The summed E-state index contributed by atoms with van der Waals surface area (Å²) in [6.45, 7) is 6.47. The number of rotatable bonds is 4. The Labute approximate surface area is 91.9 Å². The van der Waals surface area contributed by atoms with Crippen LogP contribution < -0.4 is 4.74 Å². The van der Waals surface area contributed by atoms with E-state index in [0.717, 1.165) is 12.8 Å². The summed E-state index contributed by atoms with van der Waals surface area (Å²) in [7, 11) is 1.58. The number of benzene rings is 1. The first-order valence-corrected chi connectivity index (χ1v) is 5.53. The molecule has 0 fully saturated rings. The highest BCUT2D eigenvalue weighted by Crippen LogP contribution is 2.34. The second kappa shape index (κ2) is 5.06. The molecule has 1 unspecified atom stereocenters. The van der Waals surface area contributed by atoms with E-state index in [1.807, 2.05) is 12.1 Å². The quantitative estimate of drug-likeness (QED) is 0.820. The third-order valence-corrected chi connectivity index (χ3v) is 2.96. The number of aryl methyl sites for hydroxylation is 1. The highest BCUT2D eigenvalue weighted by Gasteiger charge is 2.12. The van der Waals surface area contributed by atoms with Crippen molar-refractivity contribution in [3.05, 3.63) is 23.3 Å². The van der Waals surface area contributed by atoms with Gasteiger partial charge >= 0.3 is 0 Å². The topological polar surface area (TPSA) is 29.5 Å². The zero-order valence-electron chi connectivity index (χ0n) is 10.0. The zero-order chi connectivity index (χ0) is 11.4. The van der Waals surface area contributed by atoms with Gasteiger partial charge in [-0.1, -0.05) is 20.8 Å². The maximum atomic E-state index is 9.68. The third-order valence-electron chi connectivity index (χ3n) is 2.96. The van der Waals surface area contributed by atoms with E-state index >= 15 is 0 Å². The summed E-state index contributed by atoms with van der Waals surface area (Å²) in [5.41, 5.74) is 2.50. The molecular weight excluding hydrogens is 188 g/mol. The van der Waals surface area contributed by atoms with Gasteiger partial charge in [-0.25, -0.2) is 0 Å². The molecule has 1 aromatic rings. The minimum atomic E-state index is 0.237. The Morgan fingerprint density at radius 3 is 2.47 bits per heavy atom. The molecule has 2 nitrogen and oxygen atoms in total. The van der Waals surface area contributed by atoms with Crippen LogP contribution in [-0.2, 0) is 6.42 Å². The normalized spacial score (nSPS) is 12.5. The minimum absolute atomic E-state index is 0.237. The van der Waals surface area contributed by atoms with Crippen molar-refractivity contribution in [2.45, 2.75) is 39.5 Å². The van der Waals surface area contributed by atoms with E-state index in [1.54, 1.807) is 7.11 Å². The highest BCUT2D eigenvalue weighted by atomic mass is 16.5. The van der Waals surface area contributed by atoms with Crippen molar-refractivity contribution in [3.8, 4) is 11.5 Å². The van der Waals surface area contributed by atoms with Crippen LogP contribution >= 0.6 is 0 Å². The van der Waals surface area contributed by atoms with E-state index in [-0.39, 0.29) is 5.75 Å². The Bertz CT molecular complexity index is 332. The number of aromatic hydroxyl groups is 1. The van der Waals surface area contributed by atoms with Crippen LogP contribution in [0.4, 0.5) is 0 Å². The van der Waals surface area contributed by atoms with Crippen LogP contribution in [-0.4, -0.2) is 12.2 Å². The summed E-state index contributed by atoms with van der Waals surface area (Å²) in [6.07, 6.45) is 2.04. The molecule has 0 aliphatic rings. The van der Waals surface area contributed by atoms with Gasteiger partial charge in [0.05, 0.1) is 7.11 Å². The number of phenolic OH excluding ortho intramolecular Hbond substituents is 1. The fourth-order valence-electron chi connectivity index (χ4n) is 1.78. The van der Waals surface area contributed by atoms with Crippen LogP contribution in [0.1, 0.15) is 44.2 Å². The van der Waals surface area contributed by atoms with Crippen molar-refractivity contribution < 1.29 is 9.84 Å². The summed E-state index contributed by atoms with van der Waals surface area (Å²) in [5, 5.41) is 9.68. The van der Waals surface area contributed by atoms with E-state index in [2.05, 4.69) is 20.8 Å². The van der Waals surface area contributed by atoms with Gasteiger partial charge in [0.25, 0.3) is 0 Å². The molecule has 0 amide bonds. The Hall–Kier alpha value is -1.18. The summed E-state index contributed by atoms with van der Waals surface area (Å²) in [4.78, 5) is 0. The monoisotopic (exact) mass is 208 g/mol. The largest absolute Gasteiger partial charge is 0.504 e. The first kappa shape index (κ1) is 11.9. The van der Waals surface area contributed by atoms with Gasteiger partial charge in [-0.2, -0.15) is 0 Å². The maximum absolute atomic E-state index is 9.68. The smallest absolute Gasteiger partial charge is 0.160 e. The molecule has 0 saturated heterocycles. The first-order chi connectivity index (χ1) is 7.13. The van der Waals surface area contributed by atoms with E-state index in [4.69, 9.17) is 4.74 Å². The first-order valence-electron chi connectivity index (χ1n) is 5.53. The Morgan fingerprint density at radius 2 is 2.00 bits per heavy atom. The molecular formula is C13H20O2.